The zero-order valence-electron chi connectivity index (χ0n) is 15.5. The molecule has 0 aromatic carbocycles. The highest BCUT2D eigenvalue weighted by Gasteiger charge is 2.31. The van der Waals surface area contributed by atoms with Crippen molar-refractivity contribution >= 4 is 45.6 Å². The second-order valence-corrected chi connectivity index (χ2v) is 8.11. The Kier molecular flexibility index (Phi) is 5.85. The van der Waals surface area contributed by atoms with Gasteiger partial charge in [0.05, 0.1) is 24.0 Å². The van der Waals surface area contributed by atoms with Gasteiger partial charge >= 0.3 is 12.1 Å². The molecule has 0 saturated carbocycles. The van der Waals surface area contributed by atoms with Crippen LogP contribution in [0.1, 0.15) is 26.4 Å². The number of thiophene rings is 1. The first-order valence-electron chi connectivity index (χ1n) is 8.14. The minimum absolute atomic E-state index is 0.131. The Hall–Kier alpha value is -2.60. The fourth-order valence-electron chi connectivity index (χ4n) is 2.49. The van der Waals surface area contributed by atoms with E-state index in [-0.39, 0.29) is 22.1 Å². The van der Waals surface area contributed by atoms with Gasteiger partial charge in [-0.05, 0) is 31.5 Å². The molecule has 3 rings (SSSR count). The smallest absolute Gasteiger partial charge is 0.417 e. The summed E-state index contributed by atoms with van der Waals surface area (Å²) in [4.78, 5) is 25.2. The Morgan fingerprint density at radius 3 is 2.66 bits per heavy atom. The maximum Gasteiger partial charge on any atom is 0.417 e. The molecule has 7 nitrogen and oxygen atoms in total. The number of amides is 1. The molecule has 0 bridgehead atoms. The van der Waals surface area contributed by atoms with Crippen LogP contribution in [0, 0.1) is 13.8 Å². The lowest BCUT2D eigenvalue weighted by Crippen LogP contribution is -2.16. The third-order valence-corrected chi connectivity index (χ3v) is 6.12. The molecule has 12 heteroatoms. The highest BCUT2D eigenvalue weighted by atomic mass is 32.2. The number of anilines is 1. The molecule has 0 atom stereocenters. The standard InChI is InChI=1S/C17H15F3N4O3S2/c1-8-9(2)29-14(13(8)15(26)27-3)21-12(25)7-28-16-23-22-11-5-4-10(6-24(11)16)17(18,19)20/h4-6H,7H2,1-3H3,(H,21,25). The van der Waals surface area contributed by atoms with Crippen LogP contribution in [0.25, 0.3) is 5.65 Å². The fourth-order valence-corrected chi connectivity index (χ4v) is 4.27. The molecule has 0 saturated heterocycles. The molecule has 3 heterocycles. The number of rotatable bonds is 5. The van der Waals surface area contributed by atoms with Crippen LogP contribution in [0.15, 0.2) is 23.5 Å². The lowest BCUT2D eigenvalue weighted by atomic mass is 10.1. The lowest BCUT2D eigenvalue weighted by molar-refractivity contribution is -0.137. The van der Waals surface area contributed by atoms with E-state index in [0.29, 0.717) is 10.6 Å². The van der Waals surface area contributed by atoms with Crippen LogP contribution >= 0.6 is 23.1 Å². The molecular formula is C17H15F3N4O3S2. The Morgan fingerprint density at radius 1 is 1.28 bits per heavy atom. The molecule has 29 heavy (non-hydrogen) atoms. The summed E-state index contributed by atoms with van der Waals surface area (Å²) in [6, 6.07) is 2.13. The summed E-state index contributed by atoms with van der Waals surface area (Å²) in [5, 5.41) is 10.8. The van der Waals surface area contributed by atoms with Crippen LogP contribution < -0.4 is 5.32 Å². The van der Waals surface area contributed by atoms with Crippen LogP contribution in [0.4, 0.5) is 18.2 Å². The summed E-state index contributed by atoms with van der Waals surface area (Å²) in [6.45, 7) is 3.57. The number of esters is 1. The second-order valence-electron chi connectivity index (χ2n) is 5.94. The number of methoxy groups -OCH3 is 1. The molecular weight excluding hydrogens is 429 g/mol. The third-order valence-electron chi connectivity index (χ3n) is 4.06. The number of carbonyl (C=O) groups is 2. The molecule has 0 spiro atoms. The number of thioether (sulfide) groups is 1. The van der Waals surface area contributed by atoms with E-state index in [1.165, 1.54) is 28.9 Å². The van der Waals surface area contributed by atoms with Crippen molar-refractivity contribution in [3.05, 3.63) is 39.9 Å². The van der Waals surface area contributed by atoms with Crippen molar-refractivity contribution in [2.24, 2.45) is 0 Å². The van der Waals surface area contributed by atoms with E-state index in [9.17, 15) is 22.8 Å². The quantitative estimate of drug-likeness (QED) is 0.474. The molecule has 0 fully saturated rings. The maximum absolute atomic E-state index is 12.9. The van der Waals surface area contributed by atoms with Crippen LogP contribution in [0.5, 0.6) is 0 Å². The predicted molar refractivity (Wildman–Crippen MR) is 102 cm³/mol. The minimum Gasteiger partial charge on any atom is -0.465 e. The second kappa shape index (κ2) is 8.03. The van der Waals surface area contributed by atoms with E-state index >= 15 is 0 Å². The molecule has 154 valence electrons. The number of nitrogens with one attached hydrogen (secondary N) is 1. The topological polar surface area (TPSA) is 85.6 Å². The number of aryl methyl sites for hydroxylation is 1. The summed E-state index contributed by atoms with van der Waals surface area (Å²) >= 11 is 2.18. The number of hydrogen-bond donors (Lipinski definition) is 1. The number of carbonyl (C=O) groups excluding carboxylic acids is 2. The number of pyridine rings is 1. The monoisotopic (exact) mass is 444 g/mol. The van der Waals surface area contributed by atoms with Gasteiger partial charge in [-0.3, -0.25) is 9.20 Å². The van der Waals surface area contributed by atoms with Crippen LogP contribution in [-0.2, 0) is 15.7 Å². The lowest BCUT2D eigenvalue weighted by Gasteiger charge is -2.08. The Balaban J connectivity index is 1.75. The first kappa shape index (κ1) is 21.1. The number of fused-ring (bicyclic) bond motifs is 1. The molecule has 1 N–H and O–H groups in total. The number of nitrogens with zero attached hydrogens (tertiary/aromatic N) is 3. The van der Waals surface area contributed by atoms with Gasteiger partial charge in [-0.2, -0.15) is 13.2 Å². The Morgan fingerprint density at radius 2 is 2.00 bits per heavy atom. The van der Waals surface area contributed by atoms with Gasteiger partial charge in [-0.25, -0.2) is 4.79 Å². The SMILES string of the molecule is COC(=O)c1c(NC(=O)CSc2nnc3ccc(C(F)(F)F)cn23)sc(C)c1C. The summed E-state index contributed by atoms with van der Waals surface area (Å²) in [5.41, 5.74) is 0.394. The molecule has 3 aromatic heterocycles. The van der Waals surface area contributed by atoms with Gasteiger partial charge in [0.2, 0.25) is 5.91 Å². The van der Waals surface area contributed by atoms with Crippen LogP contribution in [-0.4, -0.2) is 39.3 Å². The fraction of sp³-hybridized carbons (Fsp3) is 0.294. The normalized spacial score (nSPS) is 11.7. The van der Waals surface area contributed by atoms with E-state index in [2.05, 4.69) is 15.5 Å². The van der Waals surface area contributed by atoms with Crippen LogP contribution in [0.2, 0.25) is 0 Å². The average molecular weight is 444 g/mol. The van der Waals surface area contributed by atoms with E-state index < -0.39 is 23.6 Å². The van der Waals surface area contributed by atoms with E-state index in [1.54, 1.807) is 6.92 Å². The van der Waals surface area contributed by atoms with Gasteiger partial charge in [0.1, 0.15) is 5.00 Å². The van der Waals surface area contributed by atoms with Crippen molar-refractivity contribution in [2.45, 2.75) is 25.2 Å². The largest absolute Gasteiger partial charge is 0.465 e. The number of aromatic nitrogens is 3. The molecule has 1 amide bonds. The van der Waals surface area contributed by atoms with Gasteiger partial charge < -0.3 is 10.1 Å². The molecule has 0 unspecified atom stereocenters. The number of alkyl halides is 3. The molecule has 3 aromatic rings. The first-order valence-corrected chi connectivity index (χ1v) is 9.95. The van der Waals surface area contributed by atoms with E-state index in [4.69, 9.17) is 4.74 Å². The Bertz CT molecular complexity index is 1090. The highest BCUT2D eigenvalue weighted by molar-refractivity contribution is 7.99. The zero-order chi connectivity index (χ0) is 21.3. The number of ether oxygens (including phenoxy) is 1. The van der Waals surface area contributed by atoms with Crippen molar-refractivity contribution in [3.8, 4) is 0 Å². The summed E-state index contributed by atoms with van der Waals surface area (Å²) in [6.07, 6.45) is -3.62. The molecule has 0 aliphatic rings. The zero-order valence-corrected chi connectivity index (χ0v) is 17.1. The Labute approximate surface area is 171 Å². The maximum atomic E-state index is 12.9. The van der Waals surface area contributed by atoms with Crippen molar-refractivity contribution in [3.63, 3.8) is 0 Å². The minimum atomic E-state index is -4.50. The highest BCUT2D eigenvalue weighted by Crippen LogP contribution is 2.33. The van der Waals surface area contributed by atoms with Gasteiger partial charge in [0.25, 0.3) is 0 Å². The average Bonchev–Trinajstić information content (AvgIpc) is 3.19. The number of halogens is 3. The van der Waals surface area contributed by atoms with Crippen LogP contribution in [0.3, 0.4) is 0 Å². The van der Waals surface area contributed by atoms with E-state index in [0.717, 1.165) is 28.9 Å². The van der Waals surface area contributed by atoms with Crippen molar-refractivity contribution in [2.75, 3.05) is 18.2 Å². The van der Waals surface area contributed by atoms with Crippen molar-refractivity contribution in [1.82, 2.24) is 14.6 Å². The molecule has 0 aliphatic carbocycles. The van der Waals surface area contributed by atoms with Crippen molar-refractivity contribution < 1.29 is 27.5 Å². The van der Waals surface area contributed by atoms with Gasteiger partial charge in [0, 0.05) is 11.1 Å². The predicted octanol–water partition coefficient (Wildman–Crippen LogP) is 3.94. The van der Waals surface area contributed by atoms with Gasteiger partial charge in [-0.1, -0.05) is 11.8 Å². The van der Waals surface area contributed by atoms with E-state index in [1.807, 2.05) is 6.92 Å². The first-order chi connectivity index (χ1) is 13.6. The van der Waals surface area contributed by atoms with Gasteiger partial charge in [0.15, 0.2) is 10.8 Å². The third kappa shape index (κ3) is 4.37. The molecule has 0 radical (unpaired) electrons. The summed E-state index contributed by atoms with van der Waals surface area (Å²) < 4.78 is 44.7. The summed E-state index contributed by atoms with van der Waals surface area (Å²) in [7, 11) is 1.25. The van der Waals surface area contributed by atoms with Gasteiger partial charge in [-0.15, -0.1) is 21.5 Å². The molecule has 0 aliphatic heterocycles. The van der Waals surface area contributed by atoms with Crippen molar-refractivity contribution in [1.29, 1.82) is 0 Å². The summed E-state index contributed by atoms with van der Waals surface area (Å²) in [5.74, 6) is -1.13. The number of hydrogen-bond acceptors (Lipinski definition) is 7.